The number of furan rings is 3. The topological polar surface area (TPSA) is 94.8 Å². The molecule has 0 atom stereocenters. The summed E-state index contributed by atoms with van der Waals surface area (Å²) in [6.07, 6.45) is 0. The molecule has 0 spiro atoms. The van der Waals surface area contributed by atoms with E-state index >= 15 is 0 Å². The number of hydrogen-bond acceptors (Lipinski definition) is 9. The monoisotopic (exact) mass is 1150 g/mol. The van der Waals surface area contributed by atoms with E-state index in [1.165, 1.54) is 0 Å². The van der Waals surface area contributed by atoms with Crippen molar-refractivity contribution in [2.24, 2.45) is 0 Å². The van der Waals surface area contributed by atoms with Crippen molar-refractivity contribution < 1.29 is 41.7 Å². The van der Waals surface area contributed by atoms with E-state index in [2.05, 4.69) is 176 Å². The van der Waals surface area contributed by atoms with E-state index in [9.17, 15) is 0 Å². The highest BCUT2D eigenvalue weighted by molar-refractivity contribution is 7.02. The number of rotatable bonds is 3. The Labute approximate surface area is 513 Å². The lowest BCUT2D eigenvalue weighted by molar-refractivity contribution is 0.448. The van der Waals surface area contributed by atoms with Gasteiger partial charge in [0.2, 0.25) is 0 Å². The number of benzene rings is 13. The summed E-state index contributed by atoms with van der Waals surface area (Å²) in [7, 11) is 0. The summed E-state index contributed by atoms with van der Waals surface area (Å²) >= 11 is 0. The van der Waals surface area contributed by atoms with Crippen LogP contribution in [0.1, 0.15) is 0 Å². The molecule has 16 aromatic rings. The Hall–Kier alpha value is -11.7. The van der Waals surface area contributed by atoms with Gasteiger partial charge in [-0.05, 0) is 116 Å². The van der Waals surface area contributed by atoms with Gasteiger partial charge in [0.05, 0.1) is 0 Å². The summed E-state index contributed by atoms with van der Waals surface area (Å²) in [6.45, 7) is -0.850. The van der Waals surface area contributed by atoms with Crippen LogP contribution in [-0.2, 0) is 0 Å². The molecule has 6 aliphatic rings. The van der Waals surface area contributed by atoms with Crippen LogP contribution in [0.4, 0.5) is 0 Å². The molecule has 0 radical (unpaired) electrons. The second kappa shape index (κ2) is 17.1. The van der Waals surface area contributed by atoms with Crippen molar-refractivity contribution in [1.29, 1.82) is 0 Å². The molecule has 90 heavy (non-hydrogen) atoms. The molecule has 6 aliphatic heterocycles. The first-order chi connectivity index (χ1) is 44.5. The average Bonchev–Trinajstić information content (AvgIpc) is 1.31. The van der Waals surface area contributed by atoms with Crippen molar-refractivity contribution in [2.75, 3.05) is 0 Å². The molecule has 0 saturated heterocycles. The Morgan fingerprint density at radius 1 is 0.200 bits per heavy atom. The zero-order valence-electron chi connectivity index (χ0n) is 47.4. The first-order valence-corrected chi connectivity index (χ1v) is 30.4. The van der Waals surface area contributed by atoms with E-state index in [0.29, 0.717) is 46.0 Å². The third-order valence-electron chi connectivity index (χ3n) is 19.6. The summed E-state index contributed by atoms with van der Waals surface area (Å²) in [6, 6.07) is 81.9. The molecule has 3 aromatic heterocycles. The molecule has 0 amide bonds. The van der Waals surface area contributed by atoms with Gasteiger partial charge >= 0.3 is 0 Å². The van der Waals surface area contributed by atoms with Gasteiger partial charge in [-0.1, -0.05) is 158 Å². The molecule has 0 saturated carbocycles. The fraction of sp³-hybridized carbons (Fsp3) is 0. The molecular weight excluding hydrogens is 1110 g/mol. The van der Waals surface area contributed by atoms with Gasteiger partial charge in [-0.3, -0.25) is 0 Å². The molecule has 13 aromatic carbocycles. The normalized spacial score (nSPS) is 13.8. The van der Waals surface area contributed by atoms with Crippen molar-refractivity contribution in [1.82, 2.24) is 0 Å². The minimum atomic E-state index is -0.362. The minimum Gasteiger partial charge on any atom is -0.458 e. The SMILES string of the molecule is c1ccc2c(c1)Oc1cc(-c3cccc4c3oc3ccccc34)cc3c1B2c1cc2c(cc1O3)Oc1cc(-c3cccc4c3oc3ccccc34)cc3c1B2c1cc2c(cc1O3)Oc1cc(-c3cccc4c3oc3ccccc34)cc3c1B2c1ccccc1O3. The maximum absolute atomic E-state index is 7.36. The van der Waals surface area contributed by atoms with Crippen LogP contribution in [0.3, 0.4) is 0 Å². The van der Waals surface area contributed by atoms with E-state index in [1.807, 2.05) is 60.7 Å². The highest BCUT2D eigenvalue weighted by Crippen LogP contribution is 2.48. The largest absolute Gasteiger partial charge is 0.458 e. The minimum absolute atomic E-state index is 0.244. The molecule has 9 nitrogen and oxygen atoms in total. The highest BCUT2D eigenvalue weighted by atomic mass is 16.5. The van der Waals surface area contributed by atoms with Crippen LogP contribution in [0.5, 0.6) is 69.0 Å². The van der Waals surface area contributed by atoms with Crippen molar-refractivity contribution in [3.8, 4) is 102 Å². The Morgan fingerprint density at radius 2 is 0.478 bits per heavy atom. The third-order valence-corrected chi connectivity index (χ3v) is 19.6. The van der Waals surface area contributed by atoms with Gasteiger partial charge in [-0.15, -0.1) is 0 Å². The van der Waals surface area contributed by atoms with Gasteiger partial charge in [0, 0.05) is 77.5 Å². The Kier molecular flexibility index (Phi) is 8.99. The standard InChI is InChI=1S/C78H39B3O9/c1-6-25-58-46(14-1)49-20-11-17-43(76(49)88-58)40-30-67-73-69(32-40)84-63-38-65-56(36-54(63)79(73)52-23-4-9-28-61(52)82-67)81-57-37-55-64(39-66(57)87-72-35-42(34-71(86-65)75(72)81)45-19-13-22-51-48-16-3-8-27-60(48)90-78(45)51)85-70-33-41(31-68-74(70)80(55)53-24-5-10-29-62(53)83-68)44-18-12-21-50-47-15-2-7-26-59(47)89-77(44)50/h1-39H. The predicted octanol–water partition coefficient (Wildman–Crippen LogP) is 14.6. The molecule has 414 valence electrons. The van der Waals surface area contributed by atoms with Gasteiger partial charge < -0.3 is 41.7 Å². The van der Waals surface area contributed by atoms with Gasteiger partial charge in [-0.25, -0.2) is 0 Å². The lowest BCUT2D eigenvalue weighted by Gasteiger charge is -2.38. The van der Waals surface area contributed by atoms with Crippen molar-refractivity contribution >= 4 is 135 Å². The number of fused-ring (bicyclic) bond motifs is 21. The fourth-order valence-corrected chi connectivity index (χ4v) is 15.8. The van der Waals surface area contributed by atoms with E-state index in [-0.39, 0.29) is 20.1 Å². The van der Waals surface area contributed by atoms with Crippen LogP contribution >= 0.6 is 0 Å². The Morgan fingerprint density at radius 3 is 0.822 bits per heavy atom. The van der Waals surface area contributed by atoms with Crippen LogP contribution in [0.15, 0.2) is 250 Å². The molecule has 0 bridgehead atoms. The molecule has 0 unspecified atom stereocenters. The zero-order valence-corrected chi connectivity index (χ0v) is 47.4. The predicted molar refractivity (Wildman–Crippen MR) is 358 cm³/mol. The molecule has 12 heteroatoms. The summed E-state index contributed by atoms with van der Waals surface area (Å²) in [5.74, 6) is 8.59. The maximum Gasteiger partial charge on any atom is 0.260 e. The molecule has 22 rings (SSSR count). The highest BCUT2D eigenvalue weighted by Gasteiger charge is 2.48. The molecule has 0 aliphatic carbocycles. The molecule has 0 fully saturated rings. The Balaban J connectivity index is 0.748. The number of ether oxygens (including phenoxy) is 6. The van der Waals surface area contributed by atoms with Gasteiger partial charge in [0.1, 0.15) is 102 Å². The average molecular weight is 1150 g/mol. The van der Waals surface area contributed by atoms with Crippen LogP contribution in [0.25, 0.3) is 99.2 Å². The van der Waals surface area contributed by atoms with Gasteiger partial charge in [0.25, 0.3) is 20.1 Å². The number of para-hydroxylation sites is 8. The van der Waals surface area contributed by atoms with E-state index < -0.39 is 0 Å². The zero-order chi connectivity index (χ0) is 58.2. The summed E-state index contributed by atoms with van der Waals surface area (Å²) < 4.78 is 63.1. The van der Waals surface area contributed by atoms with E-state index in [0.717, 1.165) is 171 Å². The third kappa shape index (κ3) is 6.33. The Bertz CT molecular complexity index is 5690. The van der Waals surface area contributed by atoms with Crippen LogP contribution in [0, 0.1) is 0 Å². The van der Waals surface area contributed by atoms with Crippen molar-refractivity contribution in [3.63, 3.8) is 0 Å². The lowest BCUT2D eigenvalue weighted by atomic mass is 9.30. The number of hydrogen-bond donors (Lipinski definition) is 0. The smallest absolute Gasteiger partial charge is 0.260 e. The second-order valence-electron chi connectivity index (χ2n) is 24.3. The molecule has 9 heterocycles. The van der Waals surface area contributed by atoms with Crippen LogP contribution in [0.2, 0.25) is 0 Å². The first kappa shape index (κ1) is 47.4. The van der Waals surface area contributed by atoms with Gasteiger partial charge in [0.15, 0.2) is 0 Å². The van der Waals surface area contributed by atoms with Crippen molar-refractivity contribution in [2.45, 2.75) is 0 Å². The van der Waals surface area contributed by atoms with Gasteiger partial charge in [-0.2, -0.15) is 0 Å². The first-order valence-electron chi connectivity index (χ1n) is 30.4. The summed E-state index contributed by atoms with van der Waals surface area (Å²) in [4.78, 5) is 0. The summed E-state index contributed by atoms with van der Waals surface area (Å²) in [5, 5.41) is 6.32. The lowest BCUT2D eigenvalue weighted by Crippen LogP contribution is -2.63. The molecule has 0 N–H and O–H groups in total. The van der Waals surface area contributed by atoms with E-state index in [4.69, 9.17) is 41.7 Å². The van der Waals surface area contributed by atoms with Crippen LogP contribution in [-0.4, -0.2) is 20.1 Å². The quantitative estimate of drug-likeness (QED) is 0.160. The van der Waals surface area contributed by atoms with Crippen LogP contribution < -0.4 is 77.6 Å². The van der Waals surface area contributed by atoms with E-state index in [1.54, 1.807) is 0 Å². The second-order valence-corrected chi connectivity index (χ2v) is 24.3. The van der Waals surface area contributed by atoms with Crippen molar-refractivity contribution in [3.05, 3.63) is 237 Å². The fourth-order valence-electron chi connectivity index (χ4n) is 15.8. The summed E-state index contributed by atoms with van der Waals surface area (Å²) in [5.41, 5.74) is 19.4. The molecular formula is C78H39B3O9. The maximum atomic E-state index is 7.36.